The Morgan fingerprint density at radius 2 is 1.88 bits per heavy atom. The van der Waals surface area contributed by atoms with Crippen LogP contribution in [-0.2, 0) is 0 Å². The summed E-state index contributed by atoms with van der Waals surface area (Å²) in [7, 11) is 0. The van der Waals surface area contributed by atoms with Crippen molar-refractivity contribution in [2.75, 3.05) is 0 Å². The highest BCUT2D eigenvalue weighted by Crippen LogP contribution is 2.48. The van der Waals surface area contributed by atoms with Crippen LogP contribution in [0.4, 0.5) is 4.39 Å². The maximum Gasteiger partial charge on any atom is 0.123 e. The van der Waals surface area contributed by atoms with Gasteiger partial charge in [-0.15, -0.1) is 0 Å². The molecule has 1 N–H and O–H groups in total. The SMILES string of the molecule is CCC1(CC)C(O)CC1Oc1ccc(F)cc1. The lowest BCUT2D eigenvalue weighted by molar-refractivity contribution is -0.159. The van der Waals surface area contributed by atoms with Crippen LogP contribution in [0, 0.1) is 11.2 Å². The van der Waals surface area contributed by atoms with Crippen molar-refractivity contribution in [1.29, 1.82) is 0 Å². The second-order valence-corrected chi connectivity index (χ2v) is 4.75. The highest BCUT2D eigenvalue weighted by Gasteiger charge is 2.53. The molecule has 1 aromatic rings. The molecule has 2 atom stereocenters. The van der Waals surface area contributed by atoms with Crippen molar-refractivity contribution in [2.45, 2.75) is 45.3 Å². The van der Waals surface area contributed by atoms with Crippen LogP contribution in [-0.4, -0.2) is 17.3 Å². The molecule has 0 radical (unpaired) electrons. The molecule has 0 spiro atoms. The van der Waals surface area contributed by atoms with Crippen LogP contribution in [0.3, 0.4) is 0 Å². The second kappa shape index (κ2) is 4.65. The fraction of sp³-hybridized carbons (Fsp3) is 0.571. The van der Waals surface area contributed by atoms with E-state index < -0.39 is 0 Å². The third kappa shape index (κ3) is 2.04. The van der Waals surface area contributed by atoms with Crippen molar-refractivity contribution in [1.82, 2.24) is 0 Å². The lowest BCUT2D eigenvalue weighted by Crippen LogP contribution is -2.59. The van der Waals surface area contributed by atoms with Crippen molar-refractivity contribution < 1.29 is 14.2 Å². The molecule has 1 aromatic carbocycles. The number of ether oxygens (including phenoxy) is 1. The topological polar surface area (TPSA) is 29.5 Å². The summed E-state index contributed by atoms with van der Waals surface area (Å²) in [6.07, 6.45) is 2.23. The number of halogens is 1. The van der Waals surface area contributed by atoms with E-state index in [9.17, 15) is 9.50 Å². The zero-order chi connectivity index (χ0) is 12.5. The predicted octanol–water partition coefficient (Wildman–Crippen LogP) is 3.14. The molecule has 1 saturated carbocycles. The van der Waals surface area contributed by atoms with Crippen LogP contribution in [0.2, 0.25) is 0 Å². The van der Waals surface area contributed by atoms with Crippen LogP contribution in [0.15, 0.2) is 24.3 Å². The summed E-state index contributed by atoms with van der Waals surface area (Å²) in [5, 5.41) is 9.91. The molecule has 0 heterocycles. The molecule has 1 fully saturated rings. The van der Waals surface area contributed by atoms with E-state index in [0.717, 1.165) is 12.8 Å². The molecule has 17 heavy (non-hydrogen) atoms. The Morgan fingerprint density at radius 1 is 1.29 bits per heavy atom. The summed E-state index contributed by atoms with van der Waals surface area (Å²) in [4.78, 5) is 0. The quantitative estimate of drug-likeness (QED) is 0.873. The Kier molecular flexibility index (Phi) is 3.38. The van der Waals surface area contributed by atoms with Crippen molar-refractivity contribution >= 4 is 0 Å². The zero-order valence-corrected chi connectivity index (χ0v) is 10.3. The molecule has 2 unspecified atom stereocenters. The predicted molar refractivity (Wildman–Crippen MR) is 64.5 cm³/mol. The third-order valence-electron chi connectivity index (χ3n) is 4.15. The summed E-state index contributed by atoms with van der Waals surface area (Å²) in [6, 6.07) is 6.06. The van der Waals surface area contributed by atoms with E-state index in [1.807, 2.05) is 0 Å². The van der Waals surface area contributed by atoms with Crippen LogP contribution in [0.5, 0.6) is 5.75 Å². The molecule has 0 bridgehead atoms. The molecule has 1 aliphatic carbocycles. The molecular weight excluding hydrogens is 219 g/mol. The van der Waals surface area contributed by atoms with E-state index in [2.05, 4.69) is 13.8 Å². The monoisotopic (exact) mass is 238 g/mol. The van der Waals surface area contributed by atoms with Crippen LogP contribution in [0.1, 0.15) is 33.1 Å². The first-order valence-corrected chi connectivity index (χ1v) is 6.22. The van der Waals surface area contributed by atoms with Gasteiger partial charge < -0.3 is 9.84 Å². The lowest BCUT2D eigenvalue weighted by Gasteiger charge is -2.52. The van der Waals surface area contributed by atoms with Gasteiger partial charge in [-0.1, -0.05) is 13.8 Å². The number of aliphatic hydroxyl groups excluding tert-OH is 1. The Bertz CT molecular complexity index is 370. The number of hydrogen-bond donors (Lipinski definition) is 1. The van der Waals surface area contributed by atoms with Crippen LogP contribution in [0.25, 0.3) is 0 Å². The van der Waals surface area contributed by atoms with E-state index in [-0.39, 0.29) is 23.4 Å². The first kappa shape index (κ1) is 12.4. The average molecular weight is 238 g/mol. The summed E-state index contributed by atoms with van der Waals surface area (Å²) in [5.74, 6) is 0.415. The van der Waals surface area contributed by atoms with Gasteiger partial charge in [0.25, 0.3) is 0 Å². The molecule has 0 aliphatic heterocycles. The van der Waals surface area contributed by atoms with Gasteiger partial charge in [0.1, 0.15) is 17.7 Å². The van der Waals surface area contributed by atoms with Gasteiger partial charge in [0.2, 0.25) is 0 Å². The lowest BCUT2D eigenvalue weighted by atomic mass is 9.60. The Morgan fingerprint density at radius 3 is 2.35 bits per heavy atom. The van der Waals surface area contributed by atoms with Crippen LogP contribution < -0.4 is 4.74 Å². The fourth-order valence-electron chi connectivity index (χ4n) is 2.75. The van der Waals surface area contributed by atoms with Gasteiger partial charge in [-0.05, 0) is 37.1 Å². The van der Waals surface area contributed by atoms with Gasteiger partial charge in [0.05, 0.1) is 6.10 Å². The largest absolute Gasteiger partial charge is 0.490 e. The molecule has 94 valence electrons. The van der Waals surface area contributed by atoms with Crippen LogP contribution >= 0.6 is 0 Å². The number of aliphatic hydroxyl groups is 1. The number of hydrogen-bond acceptors (Lipinski definition) is 2. The van der Waals surface area contributed by atoms with Crippen molar-refractivity contribution in [3.63, 3.8) is 0 Å². The van der Waals surface area contributed by atoms with Crippen molar-refractivity contribution in [3.8, 4) is 5.75 Å². The van der Waals surface area contributed by atoms with E-state index in [4.69, 9.17) is 4.74 Å². The van der Waals surface area contributed by atoms with E-state index in [1.54, 1.807) is 12.1 Å². The van der Waals surface area contributed by atoms with Gasteiger partial charge in [-0.2, -0.15) is 0 Å². The van der Waals surface area contributed by atoms with Gasteiger partial charge in [0, 0.05) is 11.8 Å². The average Bonchev–Trinajstić information content (AvgIpc) is 2.33. The van der Waals surface area contributed by atoms with E-state index in [1.165, 1.54) is 12.1 Å². The standard InChI is InChI=1S/C14H19FO2/c1-3-14(4-2)12(16)9-13(14)17-11-7-5-10(15)6-8-11/h5-8,12-13,16H,3-4,9H2,1-2H3. The minimum atomic E-state index is -0.275. The Hall–Kier alpha value is -1.09. The molecule has 0 saturated heterocycles. The summed E-state index contributed by atoms with van der Waals surface area (Å²) in [6.45, 7) is 4.15. The van der Waals surface area contributed by atoms with Gasteiger partial charge in [-0.25, -0.2) is 4.39 Å². The van der Waals surface area contributed by atoms with Gasteiger partial charge in [-0.3, -0.25) is 0 Å². The summed E-state index contributed by atoms with van der Waals surface area (Å²) in [5.41, 5.74) is -0.131. The van der Waals surface area contributed by atoms with Gasteiger partial charge in [0.15, 0.2) is 0 Å². The molecule has 0 amide bonds. The molecule has 1 aliphatic rings. The normalized spacial score (nSPS) is 26.4. The third-order valence-corrected chi connectivity index (χ3v) is 4.15. The maximum atomic E-state index is 12.8. The first-order chi connectivity index (χ1) is 8.12. The Balaban J connectivity index is 2.07. The van der Waals surface area contributed by atoms with Crippen molar-refractivity contribution in [3.05, 3.63) is 30.1 Å². The smallest absolute Gasteiger partial charge is 0.123 e. The molecule has 2 nitrogen and oxygen atoms in total. The molecule has 2 rings (SSSR count). The minimum Gasteiger partial charge on any atom is -0.490 e. The maximum absolute atomic E-state index is 12.8. The first-order valence-electron chi connectivity index (χ1n) is 6.22. The Labute approximate surface area is 101 Å². The van der Waals surface area contributed by atoms with Gasteiger partial charge >= 0.3 is 0 Å². The minimum absolute atomic E-state index is 0.0398. The summed E-state index contributed by atoms with van der Waals surface area (Å²) < 4.78 is 18.6. The fourth-order valence-corrected chi connectivity index (χ4v) is 2.75. The zero-order valence-electron chi connectivity index (χ0n) is 10.3. The van der Waals surface area contributed by atoms with E-state index >= 15 is 0 Å². The summed E-state index contributed by atoms with van der Waals surface area (Å²) >= 11 is 0. The molecule has 0 aromatic heterocycles. The number of rotatable bonds is 4. The second-order valence-electron chi connectivity index (χ2n) is 4.75. The highest BCUT2D eigenvalue weighted by atomic mass is 19.1. The molecular formula is C14H19FO2. The molecule has 3 heteroatoms. The van der Waals surface area contributed by atoms with Crippen molar-refractivity contribution in [2.24, 2.45) is 5.41 Å². The van der Waals surface area contributed by atoms with E-state index in [0.29, 0.717) is 12.2 Å². The highest BCUT2D eigenvalue weighted by molar-refractivity contribution is 5.23. The number of benzene rings is 1.